The summed E-state index contributed by atoms with van der Waals surface area (Å²) in [5, 5.41) is 2.28. The first-order valence-corrected chi connectivity index (χ1v) is 18.6. The average molecular weight is 666 g/mol. The van der Waals surface area contributed by atoms with Crippen molar-refractivity contribution >= 4 is 62.1 Å². The fourth-order valence-corrected chi connectivity index (χ4v) is 11.3. The third kappa shape index (κ3) is 3.14. The van der Waals surface area contributed by atoms with Gasteiger partial charge in [0.15, 0.2) is 0 Å². The van der Waals surface area contributed by atoms with Crippen LogP contribution in [0, 0.1) is 0 Å². The van der Waals surface area contributed by atoms with Crippen LogP contribution < -0.4 is 21.3 Å². The van der Waals surface area contributed by atoms with E-state index in [1.54, 1.807) is 0 Å². The van der Waals surface area contributed by atoms with E-state index < -0.39 is 5.41 Å². The second-order valence-corrected chi connectivity index (χ2v) is 16.4. The molecule has 1 aromatic heterocycles. The summed E-state index contributed by atoms with van der Waals surface area (Å²) in [5.41, 5.74) is 20.5. The number of fused-ring (bicyclic) bond motifs is 9. The minimum Gasteiger partial charge on any atom is -0.456 e. The summed E-state index contributed by atoms with van der Waals surface area (Å²) in [6.45, 7) is 9.99. The summed E-state index contributed by atoms with van der Waals surface area (Å²) < 4.78 is 6.30. The molecule has 8 aromatic rings. The Bertz CT molecular complexity index is 2760. The standard InChI is InChI=1S/C49H36BNO/c1-47(2)34-17-11-18-35-44(34)50-45-36(47)19-12-21-38(45)49(39-22-13-20-37(46(39)50)48(35,3)4)32-15-6-8-23-40(32)51(41-24-9-7-16-33(41)49)29-26-27-43-31(28-29)30-14-5-10-25-42(30)52-43/h5-28H,1-4H3. The van der Waals surface area contributed by atoms with Gasteiger partial charge < -0.3 is 9.32 Å². The largest absolute Gasteiger partial charge is 0.456 e. The van der Waals surface area contributed by atoms with Gasteiger partial charge in [-0.1, -0.05) is 153 Å². The van der Waals surface area contributed by atoms with Gasteiger partial charge in [-0.05, 0) is 80.9 Å². The van der Waals surface area contributed by atoms with Crippen LogP contribution in [0.25, 0.3) is 21.9 Å². The van der Waals surface area contributed by atoms with E-state index in [4.69, 9.17) is 4.42 Å². The number of rotatable bonds is 1. The second-order valence-electron chi connectivity index (χ2n) is 16.4. The van der Waals surface area contributed by atoms with Crippen LogP contribution in [0.2, 0.25) is 0 Å². The van der Waals surface area contributed by atoms with Crippen molar-refractivity contribution in [1.82, 2.24) is 0 Å². The fraction of sp³-hybridized carbons (Fsp3) is 0.143. The number of hydrogen-bond donors (Lipinski definition) is 0. The van der Waals surface area contributed by atoms with Gasteiger partial charge in [0.05, 0.1) is 16.8 Å². The van der Waals surface area contributed by atoms with E-state index in [0.717, 1.165) is 27.6 Å². The first kappa shape index (κ1) is 28.9. The lowest BCUT2D eigenvalue weighted by Gasteiger charge is -2.55. The van der Waals surface area contributed by atoms with Crippen molar-refractivity contribution in [2.24, 2.45) is 0 Å². The molecule has 4 aliphatic rings. The highest BCUT2D eigenvalue weighted by Crippen LogP contribution is 2.59. The van der Waals surface area contributed by atoms with E-state index in [9.17, 15) is 0 Å². The van der Waals surface area contributed by atoms with E-state index in [-0.39, 0.29) is 17.5 Å². The average Bonchev–Trinajstić information content (AvgIpc) is 3.54. The van der Waals surface area contributed by atoms with Gasteiger partial charge >= 0.3 is 0 Å². The first-order valence-electron chi connectivity index (χ1n) is 18.6. The molecule has 7 aromatic carbocycles. The zero-order valence-corrected chi connectivity index (χ0v) is 29.8. The number of furan rings is 1. The van der Waals surface area contributed by atoms with E-state index in [1.165, 1.54) is 72.3 Å². The Labute approximate surface area is 304 Å². The van der Waals surface area contributed by atoms with E-state index in [2.05, 4.69) is 172 Å². The molecular weight excluding hydrogens is 629 g/mol. The Balaban J connectivity index is 1.23. The summed E-state index contributed by atoms with van der Waals surface area (Å²) in [5.74, 6) is 0. The summed E-state index contributed by atoms with van der Waals surface area (Å²) >= 11 is 0. The van der Waals surface area contributed by atoms with E-state index in [0.29, 0.717) is 0 Å². The molecule has 0 bridgehead atoms. The lowest BCUT2D eigenvalue weighted by Crippen LogP contribution is -2.72. The molecule has 5 heterocycles. The number of nitrogens with zero attached hydrogens (tertiary/aromatic N) is 1. The maximum atomic E-state index is 6.30. The van der Waals surface area contributed by atoms with Gasteiger partial charge in [0.2, 0.25) is 6.71 Å². The van der Waals surface area contributed by atoms with Crippen molar-refractivity contribution in [1.29, 1.82) is 0 Å². The van der Waals surface area contributed by atoms with Crippen LogP contribution in [0.15, 0.2) is 150 Å². The third-order valence-corrected chi connectivity index (χ3v) is 13.4. The topological polar surface area (TPSA) is 16.4 Å². The molecule has 1 spiro atoms. The van der Waals surface area contributed by atoms with Crippen molar-refractivity contribution < 1.29 is 4.42 Å². The van der Waals surface area contributed by atoms with Crippen LogP contribution in [0.4, 0.5) is 17.1 Å². The summed E-state index contributed by atoms with van der Waals surface area (Å²) in [6.07, 6.45) is 0. The quantitative estimate of drug-likeness (QED) is 0.162. The summed E-state index contributed by atoms with van der Waals surface area (Å²) in [6, 6.07) is 55.0. The predicted octanol–water partition coefficient (Wildman–Crippen LogP) is 9.86. The normalized spacial score (nSPS) is 17.2. The predicted molar refractivity (Wildman–Crippen MR) is 216 cm³/mol. The number of benzene rings is 7. The SMILES string of the molecule is CC1(C)c2cccc3c2B2c4c1cccc4C1(c4ccccc4N(c4ccc5oc6ccccc6c5c4)c4ccccc41)c1cccc(c12)C3(C)C. The van der Waals surface area contributed by atoms with Crippen molar-refractivity contribution in [3.05, 3.63) is 190 Å². The molecular formula is C49H36BNO. The van der Waals surface area contributed by atoms with Gasteiger partial charge in [-0.2, -0.15) is 0 Å². The Kier molecular flexibility index (Phi) is 5.19. The minimum atomic E-state index is -0.515. The van der Waals surface area contributed by atoms with Crippen LogP contribution in [-0.2, 0) is 16.2 Å². The van der Waals surface area contributed by atoms with Gasteiger partial charge in [-0.3, -0.25) is 0 Å². The van der Waals surface area contributed by atoms with Crippen LogP contribution in [-0.4, -0.2) is 6.71 Å². The zero-order chi connectivity index (χ0) is 34.7. The lowest BCUT2D eigenvalue weighted by molar-refractivity contribution is 0.613. The highest BCUT2D eigenvalue weighted by molar-refractivity contribution is 6.98. The maximum absolute atomic E-state index is 6.30. The summed E-state index contributed by atoms with van der Waals surface area (Å²) in [7, 11) is 0. The molecule has 4 aliphatic heterocycles. The molecule has 0 atom stereocenters. The molecule has 0 saturated heterocycles. The molecule has 2 nitrogen and oxygen atoms in total. The smallest absolute Gasteiger partial charge is 0.243 e. The van der Waals surface area contributed by atoms with Gasteiger partial charge in [0, 0.05) is 27.3 Å². The number of para-hydroxylation sites is 3. The van der Waals surface area contributed by atoms with Crippen molar-refractivity contribution in [3.63, 3.8) is 0 Å². The summed E-state index contributed by atoms with van der Waals surface area (Å²) in [4.78, 5) is 2.50. The Hall–Kier alpha value is -5.80. The molecule has 0 fully saturated rings. The highest BCUT2D eigenvalue weighted by Gasteiger charge is 2.58. The lowest BCUT2D eigenvalue weighted by atomic mass is 9.23. The van der Waals surface area contributed by atoms with Crippen molar-refractivity contribution in [2.75, 3.05) is 4.90 Å². The fourth-order valence-electron chi connectivity index (χ4n) is 11.3. The number of anilines is 3. The van der Waals surface area contributed by atoms with Crippen molar-refractivity contribution in [2.45, 2.75) is 43.9 Å². The molecule has 0 amide bonds. The highest BCUT2D eigenvalue weighted by atomic mass is 16.3. The van der Waals surface area contributed by atoms with Gasteiger partial charge in [0.1, 0.15) is 11.2 Å². The van der Waals surface area contributed by atoms with E-state index in [1.807, 2.05) is 6.07 Å². The van der Waals surface area contributed by atoms with Gasteiger partial charge in [0.25, 0.3) is 0 Å². The third-order valence-electron chi connectivity index (χ3n) is 13.4. The van der Waals surface area contributed by atoms with E-state index >= 15 is 0 Å². The molecule has 0 N–H and O–H groups in total. The second kappa shape index (κ2) is 9.35. The molecule has 52 heavy (non-hydrogen) atoms. The Morgan fingerprint density at radius 3 is 1.44 bits per heavy atom. The van der Waals surface area contributed by atoms with Gasteiger partial charge in [-0.25, -0.2) is 0 Å². The van der Waals surface area contributed by atoms with Crippen LogP contribution in [0.1, 0.15) is 72.2 Å². The van der Waals surface area contributed by atoms with Crippen LogP contribution in [0.5, 0.6) is 0 Å². The zero-order valence-electron chi connectivity index (χ0n) is 29.8. The first-order chi connectivity index (χ1) is 25.3. The monoisotopic (exact) mass is 665 g/mol. The molecule has 0 radical (unpaired) electrons. The molecule has 246 valence electrons. The molecule has 12 rings (SSSR count). The molecule has 0 aliphatic carbocycles. The maximum Gasteiger partial charge on any atom is 0.243 e. The van der Waals surface area contributed by atoms with Crippen molar-refractivity contribution in [3.8, 4) is 0 Å². The van der Waals surface area contributed by atoms with Gasteiger partial charge in [-0.15, -0.1) is 0 Å². The number of hydrogen-bond acceptors (Lipinski definition) is 2. The Morgan fingerprint density at radius 1 is 0.423 bits per heavy atom. The molecule has 3 heteroatoms. The molecule has 0 unspecified atom stereocenters. The Morgan fingerprint density at radius 2 is 0.865 bits per heavy atom. The minimum absolute atomic E-state index is 0.142. The van der Waals surface area contributed by atoms with Crippen LogP contribution in [0.3, 0.4) is 0 Å². The molecule has 0 saturated carbocycles. The van der Waals surface area contributed by atoms with Crippen LogP contribution >= 0.6 is 0 Å².